The molecule has 2 atom stereocenters. The second-order valence-corrected chi connectivity index (χ2v) is 7.37. The Kier molecular flexibility index (Phi) is 3.76. The van der Waals surface area contributed by atoms with Crippen molar-refractivity contribution in [3.05, 3.63) is 35.4 Å². The van der Waals surface area contributed by atoms with E-state index in [1.807, 2.05) is 18.2 Å². The molecule has 3 rings (SSSR count). The molecule has 0 saturated heterocycles. The molecule has 0 radical (unpaired) electrons. The van der Waals surface area contributed by atoms with Crippen LogP contribution < -0.4 is 10.6 Å². The number of hydrogen-bond donors (Lipinski definition) is 0. The molecule has 1 aliphatic heterocycles. The van der Waals surface area contributed by atoms with Gasteiger partial charge in [0, 0.05) is 19.6 Å². The Balaban J connectivity index is 2.32. The van der Waals surface area contributed by atoms with E-state index in [-0.39, 0.29) is 0 Å². The maximum atomic E-state index is 9.43. The standard InChI is InChI=1S/C14H8N2P2S2/c15-5-7-8(6-16)13-14(12(18)11(7)17)20-10-4-2-1-3-9(10)19-13/h1-4H,17-18H2. The van der Waals surface area contributed by atoms with Crippen molar-refractivity contribution in [1.82, 2.24) is 0 Å². The first-order chi connectivity index (χ1) is 9.67. The molecule has 2 unspecified atom stereocenters. The topological polar surface area (TPSA) is 47.6 Å². The van der Waals surface area contributed by atoms with Gasteiger partial charge in [-0.15, -0.1) is 18.5 Å². The van der Waals surface area contributed by atoms with E-state index in [0.29, 0.717) is 11.1 Å². The van der Waals surface area contributed by atoms with E-state index in [0.717, 1.165) is 25.3 Å². The zero-order valence-corrected chi connectivity index (χ0v) is 14.1. The molecule has 0 aromatic heterocycles. The van der Waals surface area contributed by atoms with Crippen LogP contribution in [-0.4, -0.2) is 0 Å². The van der Waals surface area contributed by atoms with Gasteiger partial charge in [0.25, 0.3) is 0 Å². The second kappa shape index (κ2) is 5.40. The van der Waals surface area contributed by atoms with Crippen molar-refractivity contribution in [1.29, 1.82) is 10.5 Å². The maximum Gasteiger partial charge on any atom is 0.102 e. The van der Waals surface area contributed by atoms with Crippen molar-refractivity contribution < 1.29 is 0 Å². The van der Waals surface area contributed by atoms with Crippen molar-refractivity contribution in [2.45, 2.75) is 19.6 Å². The third-order valence-corrected chi connectivity index (χ3v) is 7.38. The minimum atomic E-state index is 0.453. The molecule has 6 heteroatoms. The van der Waals surface area contributed by atoms with Crippen LogP contribution in [0, 0.1) is 22.7 Å². The van der Waals surface area contributed by atoms with Crippen LogP contribution in [0.3, 0.4) is 0 Å². The number of benzene rings is 2. The number of fused-ring (bicyclic) bond motifs is 2. The van der Waals surface area contributed by atoms with E-state index < -0.39 is 0 Å². The fourth-order valence-electron chi connectivity index (χ4n) is 2.00. The molecule has 2 aromatic rings. The molecule has 0 N–H and O–H groups in total. The molecular weight excluding hydrogens is 322 g/mol. The first-order valence-corrected chi connectivity index (χ1v) is 8.46. The fourth-order valence-corrected chi connectivity index (χ4v) is 5.47. The Morgan fingerprint density at radius 1 is 0.800 bits per heavy atom. The normalized spacial score (nSPS) is 12.0. The van der Waals surface area contributed by atoms with Crippen LogP contribution >= 0.6 is 42.0 Å². The summed E-state index contributed by atoms with van der Waals surface area (Å²) in [6.45, 7) is 0. The largest absolute Gasteiger partial charge is 0.192 e. The van der Waals surface area contributed by atoms with Crippen LogP contribution in [0.15, 0.2) is 43.8 Å². The van der Waals surface area contributed by atoms with Crippen molar-refractivity contribution in [3.63, 3.8) is 0 Å². The number of rotatable bonds is 0. The second-order valence-electron chi connectivity index (χ2n) is 4.11. The van der Waals surface area contributed by atoms with Crippen LogP contribution in [0.2, 0.25) is 0 Å². The summed E-state index contributed by atoms with van der Waals surface area (Å²) < 4.78 is 0. The molecule has 1 heterocycles. The summed E-state index contributed by atoms with van der Waals surface area (Å²) in [7, 11) is 5.27. The van der Waals surface area contributed by atoms with Gasteiger partial charge in [0.15, 0.2) is 0 Å². The summed E-state index contributed by atoms with van der Waals surface area (Å²) >= 11 is 3.23. The van der Waals surface area contributed by atoms with Crippen LogP contribution in [0.5, 0.6) is 0 Å². The Bertz CT molecular complexity index is 819. The van der Waals surface area contributed by atoms with Gasteiger partial charge < -0.3 is 0 Å². The lowest BCUT2D eigenvalue weighted by atomic mass is 10.1. The van der Waals surface area contributed by atoms with Gasteiger partial charge in [0.1, 0.15) is 12.1 Å². The maximum absolute atomic E-state index is 9.43. The van der Waals surface area contributed by atoms with Crippen LogP contribution in [0.25, 0.3) is 0 Å². The van der Waals surface area contributed by atoms with Crippen LogP contribution in [0.1, 0.15) is 11.1 Å². The highest BCUT2D eigenvalue weighted by Crippen LogP contribution is 2.49. The summed E-state index contributed by atoms with van der Waals surface area (Å²) in [6.07, 6.45) is 0. The van der Waals surface area contributed by atoms with Crippen molar-refractivity contribution in [2.24, 2.45) is 0 Å². The van der Waals surface area contributed by atoms with Crippen molar-refractivity contribution >= 4 is 52.6 Å². The molecule has 1 aliphatic rings. The number of nitriles is 2. The predicted molar refractivity (Wildman–Crippen MR) is 89.2 cm³/mol. The molecule has 96 valence electrons. The Labute approximate surface area is 130 Å². The summed E-state index contributed by atoms with van der Waals surface area (Å²) in [6, 6.07) is 12.5. The minimum absolute atomic E-state index is 0.453. The van der Waals surface area contributed by atoms with Crippen LogP contribution in [-0.2, 0) is 0 Å². The molecule has 20 heavy (non-hydrogen) atoms. The van der Waals surface area contributed by atoms with E-state index in [4.69, 9.17) is 0 Å². The van der Waals surface area contributed by atoms with E-state index in [9.17, 15) is 10.5 Å². The van der Waals surface area contributed by atoms with Crippen LogP contribution in [0.4, 0.5) is 0 Å². The fraction of sp³-hybridized carbons (Fsp3) is 0. The highest BCUT2D eigenvalue weighted by molar-refractivity contribution is 8.05. The molecule has 0 fully saturated rings. The summed E-state index contributed by atoms with van der Waals surface area (Å²) in [5.41, 5.74) is 0.930. The molecule has 0 bridgehead atoms. The highest BCUT2D eigenvalue weighted by Gasteiger charge is 2.26. The SMILES string of the molecule is N#Cc1c(P)c(P)c2c(c1C#N)Sc1ccccc1S2. The third-order valence-electron chi connectivity index (χ3n) is 2.98. The average Bonchev–Trinajstić information content (AvgIpc) is 2.49. The molecule has 2 nitrogen and oxygen atoms in total. The lowest BCUT2D eigenvalue weighted by Crippen LogP contribution is -2.21. The van der Waals surface area contributed by atoms with Gasteiger partial charge in [0.2, 0.25) is 0 Å². The zero-order chi connectivity index (χ0) is 14.3. The van der Waals surface area contributed by atoms with Gasteiger partial charge in [-0.2, -0.15) is 10.5 Å². The third kappa shape index (κ3) is 2.05. The van der Waals surface area contributed by atoms with Gasteiger partial charge in [-0.1, -0.05) is 35.7 Å². The van der Waals surface area contributed by atoms with Gasteiger partial charge in [-0.05, 0) is 22.7 Å². The molecule has 2 aromatic carbocycles. The van der Waals surface area contributed by atoms with Crippen molar-refractivity contribution in [2.75, 3.05) is 0 Å². The first-order valence-electron chi connectivity index (χ1n) is 5.67. The molecule has 0 amide bonds. The molecule has 0 spiro atoms. The van der Waals surface area contributed by atoms with E-state index in [1.54, 1.807) is 23.5 Å². The summed E-state index contributed by atoms with van der Waals surface area (Å²) in [4.78, 5) is 4.26. The van der Waals surface area contributed by atoms with E-state index >= 15 is 0 Å². The lowest BCUT2D eigenvalue weighted by molar-refractivity contribution is 1.16. The Morgan fingerprint density at radius 3 is 1.90 bits per heavy atom. The monoisotopic (exact) mass is 330 g/mol. The minimum Gasteiger partial charge on any atom is -0.192 e. The molecule has 0 saturated carbocycles. The highest BCUT2D eigenvalue weighted by atomic mass is 32.2. The number of hydrogen-bond acceptors (Lipinski definition) is 4. The van der Waals surface area contributed by atoms with Gasteiger partial charge in [-0.25, -0.2) is 0 Å². The van der Waals surface area contributed by atoms with E-state index in [2.05, 4.69) is 36.7 Å². The van der Waals surface area contributed by atoms with Crippen molar-refractivity contribution in [3.8, 4) is 12.1 Å². The molecule has 0 aliphatic carbocycles. The van der Waals surface area contributed by atoms with E-state index in [1.165, 1.54) is 4.90 Å². The summed E-state index contributed by atoms with van der Waals surface area (Å²) in [5.74, 6) is 0. The Morgan fingerprint density at radius 2 is 1.35 bits per heavy atom. The first kappa shape index (κ1) is 13.9. The quantitative estimate of drug-likeness (QED) is 0.595. The summed E-state index contributed by atoms with van der Waals surface area (Å²) in [5, 5.41) is 20.5. The van der Waals surface area contributed by atoms with Gasteiger partial charge in [-0.3, -0.25) is 0 Å². The van der Waals surface area contributed by atoms with Gasteiger partial charge >= 0.3 is 0 Å². The smallest absolute Gasteiger partial charge is 0.102 e. The predicted octanol–water partition coefficient (Wildman–Crippen LogP) is 3.05. The number of nitrogens with zero attached hydrogens (tertiary/aromatic N) is 2. The Hall–Kier alpha value is -1.02. The average molecular weight is 330 g/mol. The molecular formula is C14H8N2P2S2. The van der Waals surface area contributed by atoms with Gasteiger partial charge in [0.05, 0.1) is 11.1 Å². The lowest BCUT2D eigenvalue weighted by Gasteiger charge is -2.22. The zero-order valence-electron chi connectivity index (χ0n) is 10.2.